The number of primary amides is 1. The van der Waals surface area contributed by atoms with Crippen molar-refractivity contribution in [1.29, 1.82) is 0 Å². The van der Waals surface area contributed by atoms with Gasteiger partial charge in [0.2, 0.25) is 0 Å². The zero-order chi connectivity index (χ0) is 20.9. The first-order valence-electron chi connectivity index (χ1n) is 8.65. The van der Waals surface area contributed by atoms with Crippen molar-refractivity contribution in [2.24, 2.45) is 10.8 Å². The molecule has 0 saturated heterocycles. The topological polar surface area (TPSA) is 141 Å². The lowest BCUT2D eigenvalue weighted by molar-refractivity contribution is -0.139. The van der Waals surface area contributed by atoms with E-state index in [-0.39, 0.29) is 12.7 Å². The number of amides is 3. The lowest BCUT2D eigenvalue weighted by atomic mass is 10.2. The third kappa shape index (κ3) is 8.99. The average Bonchev–Trinajstić information content (AvgIpc) is 2.65. The summed E-state index contributed by atoms with van der Waals surface area (Å²) >= 11 is 0. The Bertz CT molecular complexity index is 705. The standard InChI is InChI=1S/C18H26N4O6/c1-12(2)27-8-4-7-20-17(24)18(25)22-21-10-13-5-6-14(15(9-13)26-3)28-11-16(19)23/h5-6,9-10,12H,4,7-8,11H2,1-3H3,(H2,19,23)(H,20,24)(H,22,25)/b21-10-. The number of ether oxygens (including phenoxy) is 3. The van der Waals surface area contributed by atoms with Crippen LogP contribution in [0.1, 0.15) is 25.8 Å². The minimum absolute atomic E-state index is 0.121. The van der Waals surface area contributed by atoms with Gasteiger partial charge in [-0.05, 0) is 44.0 Å². The minimum Gasteiger partial charge on any atom is -0.493 e. The Kier molecular flexibility index (Phi) is 10.0. The van der Waals surface area contributed by atoms with E-state index in [9.17, 15) is 14.4 Å². The quantitative estimate of drug-likeness (QED) is 0.208. The Hall–Kier alpha value is -3.14. The number of nitrogens with zero attached hydrogens (tertiary/aromatic N) is 1. The number of nitrogens with one attached hydrogen (secondary N) is 2. The number of nitrogens with two attached hydrogens (primary N) is 1. The Morgan fingerprint density at radius 1 is 1.21 bits per heavy atom. The summed E-state index contributed by atoms with van der Waals surface area (Å²) in [5.74, 6) is -1.58. The molecule has 28 heavy (non-hydrogen) atoms. The first kappa shape index (κ1) is 22.9. The van der Waals surface area contributed by atoms with E-state index >= 15 is 0 Å². The number of carbonyl (C=O) groups is 3. The molecule has 0 spiro atoms. The van der Waals surface area contributed by atoms with Crippen LogP contribution < -0.4 is 25.9 Å². The molecule has 10 nitrogen and oxygen atoms in total. The highest BCUT2D eigenvalue weighted by atomic mass is 16.5. The van der Waals surface area contributed by atoms with Gasteiger partial charge in [-0.25, -0.2) is 5.43 Å². The summed E-state index contributed by atoms with van der Waals surface area (Å²) in [6.07, 6.45) is 2.06. The van der Waals surface area contributed by atoms with E-state index in [0.717, 1.165) is 0 Å². The monoisotopic (exact) mass is 394 g/mol. The molecule has 0 fully saturated rings. The highest BCUT2D eigenvalue weighted by Crippen LogP contribution is 2.27. The molecule has 4 N–H and O–H groups in total. The molecule has 0 saturated carbocycles. The summed E-state index contributed by atoms with van der Waals surface area (Å²) in [6.45, 7) is 4.38. The number of hydrogen-bond acceptors (Lipinski definition) is 7. The molecular formula is C18H26N4O6. The second-order valence-corrected chi connectivity index (χ2v) is 5.89. The van der Waals surface area contributed by atoms with Crippen molar-refractivity contribution in [3.63, 3.8) is 0 Å². The van der Waals surface area contributed by atoms with Gasteiger partial charge in [-0.1, -0.05) is 0 Å². The van der Waals surface area contributed by atoms with Gasteiger partial charge >= 0.3 is 11.8 Å². The fourth-order valence-corrected chi connectivity index (χ4v) is 1.92. The molecule has 154 valence electrons. The predicted octanol–water partition coefficient (Wildman–Crippen LogP) is -0.0593. The van der Waals surface area contributed by atoms with E-state index in [1.54, 1.807) is 18.2 Å². The first-order chi connectivity index (χ1) is 13.3. The largest absolute Gasteiger partial charge is 0.493 e. The molecular weight excluding hydrogens is 368 g/mol. The highest BCUT2D eigenvalue weighted by molar-refractivity contribution is 6.35. The average molecular weight is 394 g/mol. The molecule has 0 aliphatic carbocycles. The van der Waals surface area contributed by atoms with Gasteiger partial charge in [0.25, 0.3) is 5.91 Å². The lowest BCUT2D eigenvalue weighted by Gasteiger charge is -2.09. The van der Waals surface area contributed by atoms with Crippen LogP contribution in [0, 0.1) is 0 Å². The van der Waals surface area contributed by atoms with Crippen molar-refractivity contribution >= 4 is 23.9 Å². The molecule has 0 unspecified atom stereocenters. The van der Waals surface area contributed by atoms with E-state index in [1.807, 2.05) is 13.8 Å². The molecule has 10 heteroatoms. The van der Waals surface area contributed by atoms with Crippen molar-refractivity contribution in [2.75, 3.05) is 26.9 Å². The van der Waals surface area contributed by atoms with Crippen LogP contribution in [0.2, 0.25) is 0 Å². The predicted molar refractivity (Wildman–Crippen MR) is 102 cm³/mol. The molecule has 0 bridgehead atoms. The van der Waals surface area contributed by atoms with Crippen molar-refractivity contribution < 1.29 is 28.6 Å². The van der Waals surface area contributed by atoms with E-state index in [4.69, 9.17) is 19.9 Å². The summed E-state index contributed by atoms with van der Waals surface area (Å²) in [5, 5.41) is 6.20. The number of hydrazone groups is 1. The van der Waals surface area contributed by atoms with Crippen LogP contribution in [0.5, 0.6) is 11.5 Å². The maximum Gasteiger partial charge on any atom is 0.329 e. The second kappa shape index (κ2) is 12.3. The molecule has 0 aliphatic heterocycles. The van der Waals surface area contributed by atoms with Crippen LogP contribution >= 0.6 is 0 Å². The van der Waals surface area contributed by atoms with Gasteiger partial charge in [-0.2, -0.15) is 5.10 Å². The number of rotatable bonds is 11. The fourth-order valence-electron chi connectivity index (χ4n) is 1.92. The molecule has 1 rings (SSSR count). The van der Waals surface area contributed by atoms with Gasteiger partial charge in [0.1, 0.15) is 0 Å². The minimum atomic E-state index is -0.880. The van der Waals surface area contributed by atoms with Gasteiger partial charge in [0.15, 0.2) is 18.1 Å². The molecule has 0 atom stereocenters. The maximum absolute atomic E-state index is 11.7. The summed E-state index contributed by atoms with van der Waals surface area (Å²) in [5.41, 5.74) is 7.75. The lowest BCUT2D eigenvalue weighted by Crippen LogP contribution is -2.38. The van der Waals surface area contributed by atoms with Gasteiger partial charge in [-0.3, -0.25) is 14.4 Å². The Balaban J connectivity index is 2.47. The Labute approximate surface area is 163 Å². The number of methoxy groups -OCH3 is 1. The summed E-state index contributed by atoms with van der Waals surface area (Å²) < 4.78 is 15.7. The van der Waals surface area contributed by atoms with Gasteiger partial charge in [0, 0.05) is 13.2 Å². The van der Waals surface area contributed by atoms with E-state index in [2.05, 4.69) is 15.8 Å². The maximum atomic E-state index is 11.7. The van der Waals surface area contributed by atoms with Crippen molar-refractivity contribution in [3.05, 3.63) is 23.8 Å². The van der Waals surface area contributed by atoms with Crippen LogP contribution in [-0.4, -0.2) is 56.9 Å². The number of carbonyl (C=O) groups excluding carboxylic acids is 3. The molecule has 0 aromatic heterocycles. The number of benzene rings is 1. The summed E-state index contributed by atoms with van der Waals surface area (Å²) in [6, 6.07) is 4.78. The molecule has 3 amide bonds. The van der Waals surface area contributed by atoms with Gasteiger partial charge in [-0.15, -0.1) is 0 Å². The van der Waals surface area contributed by atoms with Crippen LogP contribution in [0.25, 0.3) is 0 Å². The normalized spacial score (nSPS) is 10.7. The van der Waals surface area contributed by atoms with Crippen molar-refractivity contribution in [2.45, 2.75) is 26.4 Å². The molecule has 1 aromatic rings. The van der Waals surface area contributed by atoms with E-state index < -0.39 is 17.7 Å². The van der Waals surface area contributed by atoms with Crippen LogP contribution in [0.15, 0.2) is 23.3 Å². The van der Waals surface area contributed by atoms with E-state index in [0.29, 0.717) is 36.6 Å². The Morgan fingerprint density at radius 3 is 2.61 bits per heavy atom. The van der Waals surface area contributed by atoms with Crippen LogP contribution in [-0.2, 0) is 19.1 Å². The zero-order valence-corrected chi connectivity index (χ0v) is 16.2. The van der Waals surface area contributed by atoms with E-state index in [1.165, 1.54) is 13.3 Å². The SMILES string of the molecule is COc1cc(/C=N\NC(=O)C(=O)NCCCOC(C)C)ccc1OCC(N)=O. The van der Waals surface area contributed by atoms with Crippen LogP contribution in [0.3, 0.4) is 0 Å². The highest BCUT2D eigenvalue weighted by Gasteiger charge is 2.11. The first-order valence-corrected chi connectivity index (χ1v) is 8.65. The van der Waals surface area contributed by atoms with Crippen LogP contribution in [0.4, 0.5) is 0 Å². The molecule has 0 heterocycles. The van der Waals surface area contributed by atoms with Gasteiger partial charge < -0.3 is 25.3 Å². The zero-order valence-electron chi connectivity index (χ0n) is 16.2. The number of hydrogen-bond donors (Lipinski definition) is 3. The third-order valence-corrected chi connectivity index (χ3v) is 3.20. The second-order valence-electron chi connectivity index (χ2n) is 5.89. The van der Waals surface area contributed by atoms with Crippen molar-refractivity contribution in [3.8, 4) is 11.5 Å². The Morgan fingerprint density at radius 2 is 1.96 bits per heavy atom. The summed E-state index contributed by atoms with van der Waals surface area (Å²) in [7, 11) is 1.44. The molecule has 0 radical (unpaired) electrons. The van der Waals surface area contributed by atoms with Gasteiger partial charge in [0.05, 0.1) is 19.4 Å². The fraction of sp³-hybridized carbons (Fsp3) is 0.444. The van der Waals surface area contributed by atoms with Crippen molar-refractivity contribution in [1.82, 2.24) is 10.7 Å². The smallest absolute Gasteiger partial charge is 0.329 e. The third-order valence-electron chi connectivity index (χ3n) is 3.20. The molecule has 1 aromatic carbocycles. The molecule has 0 aliphatic rings. The summed E-state index contributed by atoms with van der Waals surface area (Å²) in [4.78, 5) is 34.1.